The van der Waals surface area contributed by atoms with Crippen LogP contribution in [-0.2, 0) is 6.18 Å². The van der Waals surface area contributed by atoms with E-state index in [9.17, 15) is 18.0 Å². The SMILES string of the molecule is Cc1ccc(C(=O)Nc2cc(N3C=NC(C)C3)cc(C(F)(F)F)c2)cc1C#Cc1cnc2ccccn12. The third-order valence-electron chi connectivity index (χ3n) is 6.00. The number of aromatic nitrogens is 2. The monoisotopic (exact) mass is 501 g/mol. The van der Waals surface area contributed by atoms with Gasteiger partial charge in [-0.25, -0.2) is 4.98 Å². The first-order valence-electron chi connectivity index (χ1n) is 11.6. The van der Waals surface area contributed by atoms with E-state index < -0.39 is 17.6 Å². The summed E-state index contributed by atoms with van der Waals surface area (Å²) >= 11 is 0. The molecule has 0 fully saturated rings. The third kappa shape index (κ3) is 5.19. The zero-order valence-electron chi connectivity index (χ0n) is 20.0. The van der Waals surface area contributed by atoms with Gasteiger partial charge in [-0.05, 0) is 67.8 Å². The molecule has 4 aromatic rings. The Hall–Kier alpha value is -4.58. The highest BCUT2D eigenvalue weighted by atomic mass is 19.4. The Morgan fingerprint density at radius 1 is 1.11 bits per heavy atom. The maximum Gasteiger partial charge on any atom is 0.416 e. The van der Waals surface area contributed by atoms with Crippen molar-refractivity contribution in [2.75, 3.05) is 16.8 Å². The van der Waals surface area contributed by atoms with Crippen LogP contribution in [0, 0.1) is 18.8 Å². The van der Waals surface area contributed by atoms with Crippen LogP contribution in [0.5, 0.6) is 0 Å². The van der Waals surface area contributed by atoms with E-state index in [2.05, 4.69) is 27.1 Å². The highest BCUT2D eigenvalue weighted by Gasteiger charge is 2.32. The van der Waals surface area contributed by atoms with Crippen LogP contribution >= 0.6 is 0 Å². The number of imidazole rings is 1. The van der Waals surface area contributed by atoms with Crippen molar-refractivity contribution in [1.29, 1.82) is 0 Å². The molecule has 9 heteroatoms. The number of halogens is 3. The number of pyridine rings is 1. The van der Waals surface area contributed by atoms with Crippen molar-refractivity contribution in [2.45, 2.75) is 26.1 Å². The lowest BCUT2D eigenvalue weighted by atomic mass is 10.0. The van der Waals surface area contributed by atoms with E-state index >= 15 is 0 Å². The summed E-state index contributed by atoms with van der Waals surface area (Å²) < 4.78 is 42.6. The summed E-state index contributed by atoms with van der Waals surface area (Å²) in [4.78, 5) is 23.2. The van der Waals surface area contributed by atoms with Gasteiger partial charge in [-0.3, -0.25) is 14.2 Å². The molecule has 6 nitrogen and oxygen atoms in total. The zero-order valence-corrected chi connectivity index (χ0v) is 20.0. The second-order valence-electron chi connectivity index (χ2n) is 8.84. The van der Waals surface area contributed by atoms with Crippen LogP contribution in [0.4, 0.5) is 24.5 Å². The Balaban J connectivity index is 1.42. The van der Waals surface area contributed by atoms with Crippen LogP contribution in [0.2, 0.25) is 0 Å². The van der Waals surface area contributed by atoms with Crippen molar-refractivity contribution in [3.05, 3.63) is 94.9 Å². The van der Waals surface area contributed by atoms with Crippen LogP contribution in [0.1, 0.15) is 39.7 Å². The first-order valence-corrected chi connectivity index (χ1v) is 11.6. The van der Waals surface area contributed by atoms with E-state index in [0.717, 1.165) is 23.3 Å². The lowest BCUT2D eigenvalue weighted by Gasteiger charge is -2.19. The van der Waals surface area contributed by atoms with E-state index in [4.69, 9.17) is 0 Å². The number of aliphatic imine (C=N–C) groups is 1. The lowest BCUT2D eigenvalue weighted by Crippen LogP contribution is -2.22. The number of alkyl halides is 3. The number of fused-ring (bicyclic) bond motifs is 1. The predicted molar refractivity (Wildman–Crippen MR) is 137 cm³/mol. The van der Waals surface area contributed by atoms with Crippen molar-refractivity contribution in [1.82, 2.24) is 9.38 Å². The topological polar surface area (TPSA) is 62.0 Å². The number of rotatable bonds is 3. The van der Waals surface area contributed by atoms with E-state index in [1.807, 2.05) is 42.6 Å². The molecule has 0 aliphatic carbocycles. The van der Waals surface area contributed by atoms with Gasteiger partial charge in [-0.1, -0.05) is 18.1 Å². The molecule has 1 aliphatic rings. The Morgan fingerprint density at radius 2 is 1.95 bits per heavy atom. The van der Waals surface area contributed by atoms with Gasteiger partial charge in [0.2, 0.25) is 0 Å². The maximum atomic E-state index is 13.6. The van der Waals surface area contributed by atoms with Crippen molar-refractivity contribution >= 4 is 29.3 Å². The van der Waals surface area contributed by atoms with Gasteiger partial charge < -0.3 is 10.2 Å². The number of nitrogens with one attached hydrogen (secondary N) is 1. The largest absolute Gasteiger partial charge is 0.416 e. The molecule has 3 heterocycles. The molecule has 186 valence electrons. The molecule has 1 N–H and O–H groups in total. The molecule has 5 rings (SSSR count). The molecule has 1 amide bonds. The first kappa shape index (κ1) is 24.1. The summed E-state index contributed by atoms with van der Waals surface area (Å²) in [5.74, 6) is 5.63. The zero-order chi connectivity index (χ0) is 26.2. The number of anilines is 2. The number of hydrogen-bond donors (Lipinski definition) is 1. The van der Waals surface area contributed by atoms with E-state index in [-0.39, 0.29) is 17.3 Å². The molecule has 0 saturated carbocycles. The lowest BCUT2D eigenvalue weighted by molar-refractivity contribution is -0.137. The summed E-state index contributed by atoms with van der Waals surface area (Å²) in [7, 11) is 0. The van der Waals surface area contributed by atoms with Gasteiger partial charge in [0.25, 0.3) is 5.91 Å². The van der Waals surface area contributed by atoms with Crippen LogP contribution in [0.25, 0.3) is 5.65 Å². The Morgan fingerprint density at radius 3 is 2.70 bits per heavy atom. The van der Waals surface area contributed by atoms with Gasteiger partial charge in [0.15, 0.2) is 0 Å². The average Bonchev–Trinajstić information content (AvgIpc) is 3.49. The smallest absolute Gasteiger partial charge is 0.331 e. The minimum atomic E-state index is -4.57. The normalized spacial score (nSPS) is 15.1. The highest BCUT2D eigenvalue weighted by molar-refractivity contribution is 6.05. The fraction of sp³-hybridized carbons (Fsp3) is 0.179. The van der Waals surface area contributed by atoms with Gasteiger partial charge in [-0.15, -0.1) is 0 Å². The number of aryl methyl sites for hydroxylation is 1. The Labute approximate surface area is 211 Å². The molecule has 0 spiro atoms. The van der Waals surface area contributed by atoms with Gasteiger partial charge in [0.05, 0.1) is 24.1 Å². The molecule has 1 unspecified atom stereocenters. The number of amides is 1. The van der Waals surface area contributed by atoms with Crippen molar-refractivity contribution in [2.24, 2.45) is 4.99 Å². The minimum absolute atomic E-state index is 0.0276. The number of benzene rings is 2. The van der Waals surface area contributed by atoms with Gasteiger partial charge in [-0.2, -0.15) is 13.2 Å². The minimum Gasteiger partial charge on any atom is -0.331 e. The summed E-state index contributed by atoms with van der Waals surface area (Å²) in [6.45, 7) is 4.21. The average molecular weight is 502 g/mol. The van der Waals surface area contributed by atoms with E-state index in [1.165, 1.54) is 12.4 Å². The molecule has 2 aromatic carbocycles. The predicted octanol–water partition coefficient (Wildman–Crippen LogP) is 5.55. The third-order valence-corrected chi connectivity index (χ3v) is 6.00. The molecule has 1 aliphatic heterocycles. The summed E-state index contributed by atoms with van der Waals surface area (Å²) in [5, 5.41) is 2.61. The maximum absolute atomic E-state index is 13.6. The molecular weight excluding hydrogens is 479 g/mol. The second-order valence-corrected chi connectivity index (χ2v) is 8.84. The summed E-state index contributed by atoms with van der Waals surface area (Å²) in [5.41, 5.74) is 2.74. The Bertz CT molecular complexity index is 1590. The van der Waals surface area contributed by atoms with Crippen LogP contribution < -0.4 is 10.2 Å². The van der Waals surface area contributed by atoms with Crippen molar-refractivity contribution in [3.8, 4) is 11.8 Å². The number of carbonyl (C=O) groups excluding carboxylic acids is 1. The van der Waals surface area contributed by atoms with E-state index in [0.29, 0.717) is 23.5 Å². The van der Waals surface area contributed by atoms with Gasteiger partial charge in [0, 0.05) is 35.2 Å². The van der Waals surface area contributed by atoms with Crippen molar-refractivity contribution < 1.29 is 18.0 Å². The fourth-order valence-electron chi connectivity index (χ4n) is 4.02. The molecule has 37 heavy (non-hydrogen) atoms. The Kier molecular flexibility index (Phi) is 6.17. The molecule has 1 atom stereocenters. The summed E-state index contributed by atoms with van der Waals surface area (Å²) in [6, 6.07) is 14.1. The van der Waals surface area contributed by atoms with Crippen LogP contribution in [0.15, 0.2) is 72.0 Å². The second kappa shape index (κ2) is 9.47. The quantitative estimate of drug-likeness (QED) is 0.375. The van der Waals surface area contributed by atoms with Gasteiger partial charge >= 0.3 is 6.18 Å². The molecule has 0 bridgehead atoms. The fourth-order valence-corrected chi connectivity index (χ4v) is 4.02. The van der Waals surface area contributed by atoms with E-state index in [1.54, 1.807) is 29.3 Å². The van der Waals surface area contributed by atoms with Crippen LogP contribution in [0.3, 0.4) is 0 Å². The summed E-state index contributed by atoms with van der Waals surface area (Å²) in [6.07, 6.45) is 0.481. The number of hydrogen-bond acceptors (Lipinski definition) is 4. The van der Waals surface area contributed by atoms with Crippen LogP contribution in [-0.4, -0.2) is 34.2 Å². The number of nitrogens with zero attached hydrogens (tertiary/aromatic N) is 4. The molecule has 2 aromatic heterocycles. The molecule has 0 saturated heterocycles. The highest BCUT2D eigenvalue weighted by Crippen LogP contribution is 2.35. The molecule has 0 radical (unpaired) electrons. The number of carbonyl (C=O) groups is 1. The standard InChI is InChI=1S/C28H22F3N5O/c1-18-6-7-21(11-20(18)8-9-24-15-32-26-5-3-4-10-36(24)26)27(37)34-23-12-22(28(29,30)31)13-25(14-23)35-16-19(2)33-17-35/h3-7,10-15,17,19H,16H2,1-2H3,(H,34,37). The van der Waals surface area contributed by atoms with Gasteiger partial charge in [0.1, 0.15) is 11.3 Å². The molecular formula is C28H22F3N5O. The first-order chi connectivity index (χ1) is 17.7. The van der Waals surface area contributed by atoms with Crippen molar-refractivity contribution in [3.63, 3.8) is 0 Å².